The van der Waals surface area contributed by atoms with Crippen molar-refractivity contribution < 1.29 is 14.6 Å². The Morgan fingerprint density at radius 3 is 2.50 bits per heavy atom. The normalized spacial score (nSPS) is 25.5. The van der Waals surface area contributed by atoms with Gasteiger partial charge in [0.2, 0.25) is 0 Å². The Morgan fingerprint density at radius 2 is 1.90 bits per heavy atom. The Bertz CT molecular complexity index is 979. The number of aliphatic hydroxyl groups is 1. The minimum Gasteiger partial charge on any atom is -0.488 e. The smallest absolute Gasteiger partial charge is 0.272 e. The molecule has 4 atom stereocenters. The molecule has 0 radical (unpaired) electrons. The number of aryl methyl sites for hydroxylation is 2. The number of hydrogen-bond acceptors (Lipinski definition) is 5. The van der Waals surface area contributed by atoms with Crippen molar-refractivity contribution in [3.05, 3.63) is 57.9 Å². The lowest BCUT2D eigenvalue weighted by Crippen LogP contribution is -2.42. The molecule has 156 valence electrons. The highest BCUT2D eigenvalue weighted by atomic mass is 35.5. The van der Waals surface area contributed by atoms with Crippen LogP contribution in [0.5, 0.6) is 5.75 Å². The number of rotatable bonds is 3. The summed E-state index contributed by atoms with van der Waals surface area (Å²) in [7, 11) is 0. The van der Waals surface area contributed by atoms with E-state index in [1.807, 2.05) is 32.0 Å². The second-order valence-corrected chi connectivity index (χ2v) is 8.72. The van der Waals surface area contributed by atoms with Crippen LogP contribution in [-0.4, -0.2) is 46.2 Å². The number of carbonyl (C=O) groups is 1. The molecule has 7 heteroatoms. The molecule has 2 aliphatic rings. The van der Waals surface area contributed by atoms with Crippen molar-refractivity contribution in [2.45, 2.75) is 38.9 Å². The number of pyridine rings is 1. The topological polar surface area (TPSA) is 86.5 Å². The van der Waals surface area contributed by atoms with Crippen LogP contribution in [0, 0.1) is 37.0 Å². The monoisotopic (exact) mass is 425 g/mol. The van der Waals surface area contributed by atoms with Crippen LogP contribution in [0.15, 0.2) is 30.5 Å². The van der Waals surface area contributed by atoms with Crippen molar-refractivity contribution >= 4 is 17.5 Å². The molecular weight excluding hydrogens is 402 g/mol. The standard InChI is InChI=1S/C23H24ClN3O3/c1-13-5-18(6-14(2)22(13)24)30-21-8-17-12-27(11-16(17)7-20(21)28)23(29)19-4-3-15(9-25)10-26-19/h3-6,10,16-17,20-21,28H,7-8,11-12H2,1-2H3/t16-,17+,20+,21+/m0/s1. The van der Waals surface area contributed by atoms with Crippen LogP contribution < -0.4 is 4.74 Å². The SMILES string of the molecule is Cc1cc(O[C@@H]2C[C@@H]3CN(C(=O)c4ccc(C#N)cn4)C[C@@H]3C[C@H]2O)cc(C)c1Cl. The minimum atomic E-state index is -0.578. The Balaban J connectivity index is 1.43. The van der Waals surface area contributed by atoms with E-state index in [-0.39, 0.29) is 23.8 Å². The van der Waals surface area contributed by atoms with E-state index < -0.39 is 6.10 Å². The lowest BCUT2D eigenvalue weighted by molar-refractivity contribution is -0.0231. The fraction of sp³-hybridized carbons (Fsp3) is 0.435. The zero-order chi connectivity index (χ0) is 21.4. The summed E-state index contributed by atoms with van der Waals surface area (Å²) in [6, 6.07) is 9.00. The summed E-state index contributed by atoms with van der Waals surface area (Å²) < 4.78 is 6.14. The van der Waals surface area contributed by atoms with Crippen molar-refractivity contribution in [3.63, 3.8) is 0 Å². The Labute approximate surface area is 181 Å². The number of carbonyl (C=O) groups excluding carboxylic acids is 1. The van der Waals surface area contributed by atoms with Crippen LogP contribution in [0.4, 0.5) is 0 Å². The number of ether oxygens (including phenoxy) is 1. The Morgan fingerprint density at radius 1 is 1.23 bits per heavy atom. The van der Waals surface area contributed by atoms with Gasteiger partial charge in [-0.25, -0.2) is 4.98 Å². The number of halogens is 1. The molecule has 30 heavy (non-hydrogen) atoms. The van der Waals surface area contributed by atoms with E-state index >= 15 is 0 Å². The third-order valence-corrected chi connectivity index (χ3v) is 6.78. The molecule has 1 aliphatic carbocycles. The molecule has 1 saturated carbocycles. The molecule has 0 unspecified atom stereocenters. The first kappa shape index (κ1) is 20.6. The van der Waals surface area contributed by atoms with Crippen molar-refractivity contribution in [2.75, 3.05) is 13.1 Å². The number of likely N-dealkylation sites (tertiary alicyclic amines) is 1. The summed E-state index contributed by atoms with van der Waals surface area (Å²) >= 11 is 6.24. The van der Waals surface area contributed by atoms with Crippen LogP contribution in [0.25, 0.3) is 0 Å². The summed E-state index contributed by atoms with van der Waals surface area (Å²) in [5.74, 6) is 1.10. The summed E-state index contributed by atoms with van der Waals surface area (Å²) in [5.41, 5.74) is 2.66. The second kappa shape index (κ2) is 8.25. The van der Waals surface area contributed by atoms with Crippen LogP contribution >= 0.6 is 11.6 Å². The number of aromatic nitrogens is 1. The van der Waals surface area contributed by atoms with Crippen LogP contribution in [0.2, 0.25) is 5.02 Å². The zero-order valence-corrected chi connectivity index (χ0v) is 17.8. The molecule has 1 amide bonds. The highest BCUT2D eigenvalue weighted by Gasteiger charge is 2.44. The number of aliphatic hydroxyl groups excluding tert-OH is 1. The van der Waals surface area contributed by atoms with E-state index in [0.717, 1.165) is 16.1 Å². The molecule has 1 aromatic carbocycles. The van der Waals surface area contributed by atoms with E-state index in [2.05, 4.69) is 4.98 Å². The predicted molar refractivity (Wildman–Crippen MR) is 112 cm³/mol. The largest absolute Gasteiger partial charge is 0.488 e. The van der Waals surface area contributed by atoms with Crippen LogP contribution in [0.3, 0.4) is 0 Å². The molecule has 2 aromatic rings. The molecule has 0 bridgehead atoms. The fourth-order valence-electron chi connectivity index (χ4n) is 4.58. The van der Waals surface area contributed by atoms with Gasteiger partial charge < -0.3 is 14.7 Å². The first-order valence-electron chi connectivity index (χ1n) is 10.1. The van der Waals surface area contributed by atoms with Gasteiger partial charge >= 0.3 is 0 Å². The number of fused-ring (bicyclic) bond motifs is 1. The predicted octanol–water partition coefficient (Wildman–Crippen LogP) is 3.51. The minimum absolute atomic E-state index is 0.134. The molecule has 6 nitrogen and oxygen atoms in total. The van der Waals surface area contributed by atoms with E-state index in [1.165, 1.54) is 6.20 Å². The third kappa shape index (κ3) is 4.00. The molecule has 1 N–H and O–H groups in total. The maximum atomic E-state index is 12.8. The van der Waals surface area contributed by atoms with Gasteiger partial charge in [0.05, 0.1) is 11.7 Å². The molecule has 0 spiro atoms. The van der Waals surface area contributed by atoms with Gasteiger partial charge in [-0.1, -0.05) is 11.6 Å². The van der Waals surface area contributed by atoms with Gasteiger partial charge in [0.15, 0.2) is 0 Å². The second-order valence-electron chi connectivity index (χ2n) is 8.34. The highest BCUT2D eigenvalue weighted by molar-refractivity contribution is 6.32. The van der Waals surface area contributed by atoms with E-state index in [1.54, 1.807) is 17.0 Å². The van der Waals surface area contributed by atoms with E-state index in [4.69, 9.17) is 21.6 Å². The van der Waals surface area contributed by atoms with E-state index in [0.29, 0.717) is 42.9 Å². The maximum absolute atomic E-state index is 12.8. The summed E-state index contributed by atoms with van der Waals surface area (Å²) in [6.45, 7) is 5.10. The molecule has 1 aromatic heterocycles. The lowest BCUT2D eigenvalue weighted by atomic mass is 9.78. The Hall–Kier alpha value is -2.62. The molecule has 1 saturated heterocycles. The number of amides is 1. The van der Waals surface area contributed by atoms with Crippen molar-refractivity contribution in [2.24, 2.45) is 11.8 Å². The number of benzene rings is 1. The summed E-state index contributed by atoms with van der Waals surface area (Å²) in [5, 5.41) is 20.3. The number of hydrogen-bond donors (Lipinski definition) is 1. The third-order valence-electron chi connectivity index (χ3n) is 6.18. The molecule has 4 rings (SSSR count). The van der Waals surface area contributed by atoms with Gasteiger partial charge in [-0.05, 0) is 73.9 Å². The average molecular weight is 426 g/mol. The van der Waals surface area contributed by atoms with Gasteiger partial charge in [0, 0.05) is 24.3 Å². The molecule has 2 heterocycles. The van der Waals surface area contributed by atoms with Gasteiger partial charge in [-0.2, -0.15) is 5.26 Å². The van der Waals surface area contributed by atoms with Crippen molar-refractivity contribution in [1.29, 1.82) is 5.26 Å². The lowest BCUT2D eigenvalue weighted by Gasteiger charge is -2.35. The molecule has 2 fully saturated rings. The quantitative estimate of drug-likeness (QED) is 0.813. The number of nitrogens with zero attached hydrogens (tertiary/aromatic N) is 3. The van der Waals surface area contributed by atoms with Crippen molar-refractivity contribution in [1.82, 2.24) is 9.88 Å². The Kier molecular flexibility index (Phi) is 5.68. The average Bonchev–Trinajstić information content (AvgIpc) is 3.14. The van der Waals surface area contributed by atoms with Gasteiger partial charge in [-0.3, -0.25) is 4.79 Å². The van der Waals surface area contributed by atoms with Gasteiger partial charge in [-0.15, -0.1) is 0 Å². The fourth-order valence-corrected chi connectivity index (χ4v) is 4.69. The first-order chi connectivity index (χ1) is 14.4. The number of nitriles is 1. The van der Waals surface area contributed by atoms with Crippen molar-refractivity contribution in [3.8, 4) is 11.8 Å². The molecule has 1 aliphatic heterocycles. The van der Waals surface area contributed by atoms with Crippen LogP contribution in [-0.2, 0) is 0 Å². The van der Waals surface area contributed by atoms with Gasteiger partial charge in [0.1, 0.15) is 23.6 Å². The first-order valence-corrected chi connectivity index (χ1v) is 10.5. The molecular formula is C23H24ClN3O3. The summed E-state index contributed by atoms with van der Waals surface area (Å²) in [6.07, 6.45) is 1.82. The zero-order valence-electron chi connectivity index (χ0n) is 17.0. The van der Waals surface area contributed by atoms with Gasteiger partial charge in [0.25, 0.3) is 5.91 Å². The maximum Gasteiger partial charge on any atom is 0.272 e. The summed E-state index contributed by atoms with van der Waals surface area (Å²) in [4.78, 5) is 18.7. The van der Waals surface area contributed by atoms with E-state index in [9.17, 15) is 9.90 Å². The highest BCUT2D eigenvalue weighted by Crippen LogP contribution is 2.39. The van der Waals surface area contributed by atoms with Crippen LogP contribution in [0.1, 0.15) is 40.0 Å².